The van der Waals surface area contributed by atoms with E-state index in [1.54, 1.807) is 13.0 Å². The van der Waals surface area contributed by atoms with Gasteiger partial charge in [0.1, 0.15) is 17.7 Å². The number of hydrogen-bond acceptors (Lipinski definition) is 9. The highest BCUT2D eigenvalue weighted by Gasteiger charge is 2.54. The summed E-state index contributed by atoms with van der Waals surface area (Å²) in [5, 5.41) is 27.0. The molecule has 0 radical (unpaired) electrons. The molecule has 10 heteroatoms. The van der Waals surface area contributed by atoms with Crippen molar-refractivity contribution in [3.63, 3.8) is 0 Å². The van der Waals surface area contributed by atoms with Crippen LogP contribution < -0.4 is 15.4 Å². The summed E-state index contributed by atoms with van der Waals surface area (Å²) in [6.07, 6.45) is 8.72. The minimum atomic E-state index is -1.03. The zero-order chi connectivity index (χ0) is 32.0. The number of phenols is 1. The third kappa shape index (κ3) is 7.76. The molecule has 5 atom stereocenters. The van der Waals surface area contributed by atoms with E-state index in [1.165, 1.54) is 6.92 Å². The Morgan fingerprint density at radius 2 is 1.87 bits per heavy atom. The third-order valence-electron chi connectivity index (χ3n) is 10.7. The molecular weight excluding hydrogens is 576 g/mol. The van der Waals surface area contributed by atoms with E-state index in [2.05, 4.69) is 10.6 Å². The SMILES string of the molecule is CC(=O)OC(CCCC(C)O)CC(OC(=O)C12CCCCC1CCC(=O)N2)C1(Cc2ccc(O)c3c2CCCO3)CCNCC1. The quantitative estimate of drug-likeness (QED) is 0.250. The van der Waals surface area contributed by atoms with Gasteiger partial charge in [-0.1, -0.05) is 18.9 Å². The second kappa shape index (κ2) is 14.7. The van der Waals surface area contributed by atoms with Crippen molar-refractivity contribution in [1.29, 1.82) is 0 Å². The summed E-state index contributed by atoms with van der Waals surface area (Å²) < 4.78 is 18.5. The van der Waals surface area contributed by atoms with Crippen molar-refractivity contribution in [3.8, 4) is 11.5 Å². The molecule has 0 aromatic heterocycles. The van der Waals surface area contributed by atoms with E-state index in [1.807, 2.05) is 6.07 Å². The molecule has 3 heterocycles. The van der Waals surface area contributed by atoms with Crippen LogP contribution in [-0.2, 0) is 36.7 Å². The molecule has 1 aliphatic carbocycles. The van der Waals surface area contributed by atoms with Gasteiger partial charge in [0.15, 0.2) is 11.5 Å². The van der Waals surface area contributed by atoms with Crippen LogP contribution in [0.15, 0.2) is 12.1 Å². The number of phenolic OH excluding ortho intramolecular Hbond substituents is 1. The fourth-order valence-corrected chi connectivity index (χ4v) is 8.33. The molecule has 45 heavy (non-hydrogen) atoms. The van der Waals surface area contributed by atoms with E-state index >= 15 is 0 Å². The van der Waals surface area contributed by atoms with Crippen molar-refractivity contribution in [2.75, 3.05) is 19.7 Å². The Morgan fingerprint density at radius 1 is 1.07 bits per heavy atom. The van der Waals surface area contributed by atoms with E-state index in [-0.39, 0.29) is 23.5 Å². The summed E-state index contributed by atoms with van der Waals surface area (Å²) in [5.41, 5.74) is 0.562. The lowest BCUT2D eigenvalue weighted by molar-refractivity contribution is -0.178. The summed E-state index contributed by atoms with van der Waals surface area (Å²) >= 11 is 0. The Hall–Kier alpha value is -2.85. The average Bonchev–Trinajstić information content (AvgIpc) is 3.02. The number of amides is 1. The van der Waals surface area contributed by atoms with E-state index in [0.29, 0.717) is 63.7 Å². The van der Waals surface area contributed by atoms with Crippen molar-refractivity contribution in [3.05, 3.63) is 23.3 Å². The van der Waals surface area contributed by atoms with Gasteiger partial charge < -0.3 is 35.1 Å². The third-order valence-corrected chi connectivity index (χ3v) is 10.7. The molecule has 5 rings (SSSR count). The molecule has 4 N–H and O–H groups in total. The zero-order valence-electron chi connectivity index (χ0n) is 27.0. The van der Waals surface area contributed by atoms with Crippen molar-refractivity contribution in [2.24, 2.45) is 11.3 Å². The molecule has 0 spiro atoms. The summed E-state index contributed by atoms with van der Waals surface area (Å²) in [6.45, 7) is 5.20. The maximum absolute atomic E-state index is 14.5. The number of aliphatic hydroxyl groups excluding tert-OH is 1. The molecule has 1 saturated carbocycles. The molecule has 250 valence electrons. The Kier molecular flexibility index (Phi) is 11.0. The van der Waals surface area contributed by atoms with Gasteiger partial charge in [-0.2, -0.15) is 0 Å². The number of piperidine rings is 2. The molecule has 4 aliphatic rings. The number of hydrogen-bond donors (Lipinski definition) is 4. The van der Waals surface area contributed by atoms with Crippen molar-refractivity contribution in [1.82, 2.24) is 10.6 Å². The number of nitrogens with one attached hydrogen (secondary N) is 2. The van der Waals surface area contributed by atoms with Gasteiger partial charge in [0, 0.05) is 30.7 Å². The van der Waals surface area contributed by atoms with Crippen LogP contribution in [0.2, 0.25) is 0 Å². The first-order valence-electron chi connectivity index (χ1n) is 17.2. The van der Waals surface area contributed by atoms with Crippen molar-refractivity contribution >= 4 is 17.8 Å². The summed E-state index contributed by atoms with van der Waals surface area (Å²) in [6, 6.07) is 3.66. The van der Waals surface area contributed by atoms with Crippen molar-refractivity contribution < 1.29 is 38.8 Å². The van der Waals surface area contributed by atoms with Crippen LogP contribution in [0.3, 0.4) is 0 Å². The monoisotopic (exact) mass is 628 g/mol. The van der Waals surface area contributed by atoms with Gasteiger partial charge in [-0.25, -0.2) is 4.79 Å². The number of ether oxygens (including phenoxy) is 3. The van der Waals surface area contributed by atoms with Gasteiger partial charge in [0.2, 0.25) is 5.91 Å². The molecule has 3 fully saturated rings. The van der Waals surface area contributed by atoms with Crippen molar-refractivity contribution in [2.45, 2.75) is 134 Å². The first-order valence-corrected chi connectivity index (χ1v) is 17.2. The van der Waals surface area contributed by atoms with Gasteiger partial charge in [0.05, 0.1) is 12.7 Å². The predicted molar refractivity (Wildman–Crippen MR) is 168 cm³/mol. The van der Waals surface area contributed by atoms with Crippen LogP contribution in [0, 0.1) is 11.3 Å². The maximum atomic E-state index is 14.5. The Balaban J connectivity index is 1.51. The second-order valence-electron chi connectivity index (χ2n) is 13.9. The average molecular weight is 629 g/mol. The van der Waals surface area contributed by atoms with Crippen LogP contribution in [-0.4, -0.2) is 71.6 Å². The molecule has 3 aliphatic heterocycles. The smallest absolute Gasteiger partial charge is 0.332 e. The van der Waals surface area contributed by atoms with Gasteiger partial charge in [0.25, 0.3) is 0 Å². The lowest BCUT2D eigenvalue weighted by Gasteiger charge is -2.49. The van der Waals surface area contributed by atoms with Gasteiger partial charge in [-0.15, -0.1) is 0 Å². The number of fused-ring (bicyclic) bond motifs is 2. The zero-order valence-corrected chi connectivity index (χ0v) is 27.0. The largest absolute Gasteiger partial charge is 0.504 e. The van der Waals surface area contributed by atoms with Crippen LogP contribution in [0.4, 0.5) is 0 Å². The standard InChI is InChI=1S/C35H52N2O8/c1-23(38)7-5-9-27(44-24(2)39)21-30(45-33(42)35-15-4-3-8-26(35)12-14-31(41)37-35)34(16-18-36-19-17-34)22-25-11-13-29(40)32-28(25)10-6-20-43-32/h11,13,23,26-27,30,36,38,40H,3-10,12,14-22H2,1-2H3,(H,37,41). The molecule has 1 aromatic rings. The number of esters is 2. The van der Waals surface area contributed by atoms with E-state index in [0.717, 1.165) is 69.2 Å². The van der Waals surface area contributed by atoms with Crippen LogP contribution >= 0.6 is 0 Å². The molecular formula is C35H52N2O8. The van der Waals surface area contributed by atoms with Gasteiger partial charge >= 0.3 is 11.9 Å². The van der Waals surface area contributed by atoms with Crippen LogP contribution in [0.25, 0.3) is 0 Å². The van der Waals surface area contributed by atoms with Gasteiger partial charge in [-0.05, 0) is 108 Å². The fraction of sp³-hybridized carbons (Fsp3) is 0.743. The number of carbonyl (C=O) groups is 3. The Labute approximate surface area is 267 Å². The number of aromatic hydroxyl groups is 1. The maximum Gasteiger partial charge on any atom is 0.332 e. The lowest BCUT2D eigenvalue weighted by atomic mass is 9.66. The first kappa shape index (κ1) is 33.5. The predicted octanol–water partition coefficient (Wildman–Crippen LogP) is 4.25. The summed E-state index contributed by atoms with van der Waals surface area (Å²) in [5.74, 6) is -0.149. The normalized spacial score (nSPS) is 26.2. The molecule has 1 aromatic carbocycles. The lowest BCUT2D eigenvalue weighted by Crippen LogP contribution is -2.65. The fourth-order valence-electron chi connectivity index (χ4n) is 8.33. The molecule has 10 nitrogen and oxygen atoms in total. The highest BCUT2D eigenvalue weighted by molar-refractivity contribution is 5.90. The highest BCUT2D eigenvalue weighted by Crippen LogP contribution is 2.47. The number of benzene rings is 1. The van der Waals surface area contributed by atoms with Gasteiger partial charge in [-0.3, -0.25) is 9.59 Å². The van der Waals surface area contributed by atoms with Crippen LogP contribution in [0.1, 0.15) is 108 Å². The first-order chi connectivity index (χ1) is 21.6. The number of aliphatic hydroxyl groups is 1. The summed E-state index contributed by atoms with van der Waals surface area (Å²) in [4.78, 5) is 39.5. The van der Waals surface area contributed by atoms with E-state index < -0.39 is 35.2 Å². The Morgan fingerprint density at radius 3 is 2.62 bits per heavy atom. The van der Waals surface area contributed by atoms with E-state index in [9.17, 15) is 24.6 Å². The molecule has 0 bridgehead atoms. The molecule has 5 unspecified atom stereocenters. The minimum Gasteiger partial charge on any atom is -0.504 e. The second-order valence-corrected chi connectivity index (χ2v) is 13.9. The topological polar surface area (TPSA) is 143 Å². The Bertz CT molecular complexity index is 1210. The molecule has 1 amide bonds. The van der Waals surface area contributed by atoms with Crippen LogP contribution in [0.5, 0.6) is 11.5 Å². The van der Waals surface area contributed by atoms with E-state index in [4.69, 9.17) is 14.2 Å². The minimum absolute atomic E-state index is 0.0395. The summed E-state index contributed by atoms with van der Waals surface area (Å²) in [7, 11) is 0. The highest BCUT2D eigenvalue weighted by atomic mass is 16.6. The number of carbonyl (C=O) groups excluding carboxylic acids is 3. The molecule has 2 saturated heterocycles. The number of rotatable bonds is 12.